The van der Waals surface area contributed by atoms with Crippen molar-refractivity contribution in [2.45, 2.75) is 13.0 Å². The van der Waals surface area contributed by atoms with Crippen LogP contribution < -0.4 is 0 Å². The third-order valence-corrected chi connectivity index (χ3v) is 3.96. The van der Waals surface area contributed by atoms with Crippen LogP contribution in [0.4, 0.5) is 4.39 Å². The van der Waals surface area contributed by atoms with Gasteiger partial charge in [-0.2, -0.15) is 0 Å². The first-order valence-corrected chi connectivity index (χ1v) is 8.21. The standard InChI is InChI=1S/C21H19FN2O/c22-19-11-9-18(10-12-19)21(25)24(16-17-6-2-1-3-7-17)15-13-20-8-4-5-14-23-20/h1-12,14H,13,15-16H2. The molecule has 25 heavy (non-hydrogen) atoms. The zero-order valence-electron chi connectivity index (χ0n) is 13.8. The molecule has 0 aliphatic carbocycles. The molecule has 0 radical (unpaired) electrons. The summed E-state index contributed by atoms with van der Waals surface area (Å²) in [7, 11) is 0. The van der Waals surface area contributed by atoms with Gasteiger partial charge in [-0.3, -0.25) is 9.78 Å². The van der Waals surface area contributed by atoms with E-state index in [0.29, 0.717) is 25.1 Å². The Morgan fingerprint density at radius 1 is 0.920 bits per heavy atom. The molecule has 1 amide bonds. The number of halogens is 1. The van der Waals surface area contributed by atoms with Crippen molar-refractivity contribution < 1.29 is 9.18 Å². The van der Waals surface area contributed by atoms with Gasteiger partial charge in [-0.15, -0.1) is 0 Å². The summed E-state index contributed by atoms with van der Waals surface area (Å²) < 4.78 is 13.1. The minimum Gasteiger partial charge on any atom is -0.334 e. The van der Waals surface area contributed by atoms with Crippen LogP contribution in [0.3, 0.4) is 0 Å². The van der Waals surface area contributed by atoms with Crippen LogP contribution in [-0.4, -0.2) is 22.3 Å². The van der Waals surface area contributed by atoms with E-state index < -0.39 is 0 Å². The Bertz CT molecular complexity index is 804. The smallest absolute Gasteiger partial charge is 0.254 e. The number of hydrogen-bond acceptors (Lipinski definition) is 2. The number of rotatable bonds is 6. The second-order valence-corrected chi connectivity index (χ2v) is 5.79. The fourth-order valence-corrected chi connectivity index (χ4v) is 2.63. The molecule has 0 unspecified atom stereocenters. The van der Waals surface area contributed by atoms with Crippen LogP contribution in [0.5, 0.6) is 0 Å². The first-order valence-electron chi connectivity index (χ1n) is 8.21. The number of benzene rings is 2. The van der Waals surface area contributed by atoms with E-state index in [1.807, 2.05) is 48.5 Å². The molecule has 0 aliphatic rings. The van der Waals surface area contributed by atoms with Crippen LogP contribution in [0.15, 0.2) is 79.0 Å². The summed E-state index contributed by atoms with van der Waals surface area (Å²) in [4.78, 5) is 19.0. The maximum Gasteiger partial charge on any atom is 0.254 e. The molecule has 0 saturated heterocycles. The van der Waals surface area contributed by atoms with Gasteiger partial charge in [0.2, 0.25) is 0 Å². The van der Waals surface area contributed by atoms with Crippen molar-refractivity contribution in [3.8, 4) is 0 Å². The Morgan fingerprint density at radius 3 is 2.32 bits per heavy atom. The zero-order chi connectivity index (χ0) is 17.5. The van der Waals surface area contributed by atoms with Gasteiger partial charge in [0, 0.05) is 37.0 Å². The number of pyridine rings is 1. The zero-order valence-corrected chi connectivity index (χ0v) is 13.8. The predicted molar refractivity (Wildman–Crippen MR) is 95.5 cm³/mol. The van der Waals surface area contributed by atoms with Gasteiger partial charge in [0.25, 0.3) is 5.91 Å². The molecule has 126 valence electrons. The lowest BCUT2D eigenvalue weighted by Gasteiger charge is -2.23. The van der Waals surface area contributed by atoms with Crippen molar-refractivity contribution in [2.24, 2.45) is 0 Å². The van der Waals surface area contributed by atoms with Crippen LogP contribution >= 0.6 is 0 Å². The van der Waals surface area contributed by atoms with Crippen LogP contribution in [-0.2, 0) is 13.0 Å². The third kappa shape index (κ3) is 4.73. The number of aromatic nitrogens is 1. The van der Waals surface area contributed by atoms with Gasteiger partial charge in [0.1, 0.15) is 5.82 Å². The quantitative estimate of drug-likeness (QED) is 0.680. The molecular weight excluding hydrogens is 315 g/mol. The number of carbonyl (C=O) groups excluding carboxylic acids is 1. The SMILES string of the molecule is O=C(c1ccc(F)cc1)N(CCc1ccccn1)Cc1ccccc1. The van der Waals surface area contributed by atoms with Crippen molar-refractivity contribution in [1.29, 1.82) is 0 Å². The lowest BCUT2D eigenvalue weighted by atomic mass is 10.1. The van der Waals surface area contributed by atoms with Crippen LogP contribution in [0, 0.1) is 5.82 Å². The fraction of sp³-hybridized carbons (Fsp3) is 0.143. The maximum absolute atomic E-state index is 13.1. The molecule has 0 spiro atoms. The van der Waals surface area contributed by atoms with Gasteiger partial charge >= 0.3 is 0 Å². The highest BCUT2D eigenvalue weighted by Crippen LogP contribution is 2.12. The summed E-state index contributed by atoms with van der Waals surface area (Å²) in [5.74, 6) is -0.459. The topological polar surface area (TPSA) is 33.2 Å². The van der Waals surface area contributed by atoms with Gasteiger partial charge in [-0.05, 0) is 42.0 Å². The van der Waals surface area contributed by atoms with Crippen molar-refractivity contribution in [3.63, 3.8) is 0 Å². The minimum atomic E-state index is -0.348. The summed E-state index contributed by atoms with van der Waals surface area (Å²) in [6.07, 6.45) is 2.42. The van der Waals surface area contributed by atoms with Crippen molar-refractivity contribution in [2.75, 3.05) is 6.54 Å². The summed E-state index contributed by atoms with van der Waals surface area (Å²) >= 11 is 0. The fourth-order valence-electron chi connectivity index (χ4n) is 2.63. The van der Waals surface area contributed by atoms with E-state index in [1.165, 1.54) is 24.3 Å². The number of hydrogen-bond donors (Lipinski definition) is 0. The molecule has 0 aliphatic heterocycles. The molecule has 0 bridgehead atoms. The van der Waals surface area contributed by atoms with Gasteiger partial charge in [0.05, 0.1) is 0 Å². The normalized spacial score (nSPS) is 10.4. The van der Waals surface area contributed by atoms with E-state index in [0.717, 1.165) is 11.3 Å². The lowest BCUT2D eigenvalue weighted by Crippen LogP contribution is -2.32. The molecule has 1 heterocycles. The highest BCUT2D eigenvalue weighted by molar-refractivity contribution is 5.94. The van der Waals surface area contributed by atoms with Crippen LogP contribution in [0.25, 0.3) is 0 Å². The largest absolute Gasteiger partial charge is 0.334 e. The molecular formula is C21H19FN2O. The molecule has 2 aromatic carbocycles. The summed E-state index contributed by atoms with van der Waals surface area (Å²) in [5, 5.41) is 0. The molecule has 1 aromatic heterocycles. The Hall–Kier alpha value is -3.01. The van der Waals surface area contributed by atoms with Crippen molar-refractivity contribution >= 4 is 5.91 Å². The Balaban J connectivity index is 1.77. The van der Waals surface area contributed by atoms with Gasteiger partial charge in [0.15, 0.2) is 0 Å². The van der Waals surface area contributed by atoms with Crippen molar-refractivity contribution in [1.82, 2.24) is 9.88 Å². The van der Waals surface area contributed by atoms with Gasteiger partial charge in [-0.25, -0.2) is 4.39 Å². The van der Waals surface area contributed by atoms with E-state index in [-0.39, 0.29) is 11.7 Å². The summed E-state index contributed by atoms with van der Waals surface area (Å²) in [6, 6.07) is 21.3. The maximum atomic E-state index is 13.1. The summed E-state index contributed by atoms with van der Waals surface area (Å²) in [5.41, 5.74) is 2.48. The molecule has 3 aromatic rings. The first-order chi connectivity index (χ1) is 12.2. The number of nitrogens with zero attached hydrogens (tertiary/aromatic N) is 2. The molecule has 3 nitrogen and oxygen atoms in total. The Kier molecular flexibility index (Phi) is 5.52. The van der Waals surface area contributed by atoms with E-state index >= 15 is 0 Å². The van der Waals surface area contributed by atoms with Crippen LogP contribution in [0.1, 0.15) is 21.6 Å². The second kappa shape index (κ2) is 8.20. The van der Waals surface area contributed by atoms with Gasteiger partial charge in [-0.1, -0.05) is 36.4 Å². The van der Waals surface area contributed by atoms with E-state index in [9.17, 15) is 9.18 Å². The van der Waals surface area contributed by atoms with Crippen LogP contribution in [0.2, 0.25) is 0 Å². The molecule has 0 atom stereocenters. The lowest BCUT2D eigenvalue weighted by molar-refractivity contribution is 0.0744. The molecule has 4 heteroatoms. The average molecular weight is 334 g/mol. The molecule has 3 rings (SSSR count). The highest BCUT2D eigenvalue weighted by atomic mass is 19.1. The molecule has 0 fully saturated rings. The minimum absolute atomic E-state index is 0.111. The number of amides is 1. The average Bonchev–Trinajstić information content (AvgIpc) is 2.67. The first kappa shape index (κ1) is 16.8. The predicted octanol–water partition coefficient (Wildman–Crippen LogP) is 4.11. The van der Waals surface area contributed by atoms with E-state index in [1.54, 1.807) is 11.1 Å². The van der Waals surface area contributed by atoms with Gasteiger partial charge < -0.3 is 4.90 Å². The Morgan fingerprint density at radius 2 is 1.64 bits per heavy atom. The number of carbonyl (C=O) groups is 1. The highest BCUT2D eigenvalue weighted by Gasteiger charge is 2.16. The molecule has 0 N–H and O–H groups in total. The van der Waals surface area contributed by atoms with Crippen molar-refractivity contribution in [3.05, 3.63) is 102 Å². The Labute approximate surface area is 146 Å². The monoisotopic (exact) mass is 334 g/mol. The molecule has 0 saturated carbocycles. The van der Waals surface area contributed by atoms with E-state index in [4.69, 9.17) is 0 Å². The second-order valence-electron chi connectivity index (χ2n) is 5.79. The van der Waals surface area contributed by atoms with E-state index in [2.05, 4.69) is 4.98 Å². The third-order valence-electron chi connectivity index (χ3n) is 3.96. The summed E-state index contributed by atoms with van der Waals surface area (Å²) in [6.45, 7) is 1.05.